The summed E-state index contributed by atoms with van der Waals surface area (Å²) in [5.41, 5.74) is 3.92. The van der Waals surface area contributed by atoms with E-state index in [1.165, 1.54) is 0 Å². The third-order valence-corrected chi connectivity index (χ3v) is 4.13. The van der Waals surface area contributed by atoms with Crippen LogP contribution in [0.3, 0.4) is 0 Å². The van der Waals surface area contributed by atoms with Crippen LogP contribution in [0.2, 0.25) is 0 Å². The molecule has 2 aromatic heterocycles. The minimum Gasteiger partial charge on any atom is -0.359 e. The van der Waals surface area contributed by atoms with E-state index in [1.807, 2.05) is 61.5 Å². The Morgan fingerprint density at radius 3 is 2.48 bits per heavy atom. The minimum absolute atomic E-state index is 0.214. The second kappa shape index (κ2) is 7.29. The predicted octanol–water partition coefficient (Wildman–Crippen LogP) is 4.24. The maximum absolute atomic E-state index is 12.3. The van der Waals surface area contributed by atoms with E-state index in [1.54, 1.807) is 12.1 Å². The lowest BCUT2D eigenvalue weighted by Crippen LogP contribution is -2.22. The quantitative estimate of drug-likeness (QED) is 0.576. The summed E-state index contributed by atoms with van der Waals surface area (Å²) in [5, 5.41) is 10.6. The van der Waals surface area contributed by atoms with Crippen LogP contribution in [-0.4, -0.2) is 16.2 Å². The number of nitrogens with zero attached hydrogens (tertiary/aromatic N) is 2. The summed E-state index contributed by atoms with van der Waals surface area (Å²) in [5.74, 6) is 0.769. The monoisotopic (exact) mass is 359 g/mol. The van der Waals surface area contributed by atoms with Gasteiger partial charge >= 0.3 is 0 Å². The molecule has 0 unspecified atom stereocenters. The molecule has 0 fully saturated rings. The average molecular weight is 359 g/mol. The van der Waals surface area contributed by atoms with E-state index in [0.717, 1.165) is 22.4 Å². The molecule has 2 aromatic carbocycles. The number of carbonyl (C=O) groups excluding carboxylic acids is 1. The van der Waals surface area contributed by atoms with Gasteiger partial charge in [0.05, 0.1) is 6.54 Å². The maximum atomic E-state index is 12.3. The van der Waals surface area contributed by atoms with Crippen molar-refractivity contribution in [1.29, 1.82) is 0 Å². The molecule has 134 valence electrons. The summed E-state index contributed by atoms with van der Waals surface area (Å²) < 4.78 is 10.6. The molecule has 0 atom stereocenters. The molecule has 0 aliphatic heterocycles. The summed E-state index contributed by atoms with van der Waals surface area (Å²) in [6, 6.07) is 20.9. The van der Waals surface area contributed by atoms with Crippen molar-refractivity contribution in [1.82, 2.24) is 15.6 Å². The van der Waals surface area contributed by atoms with Crippen molar-refractivity contribution in [2.45, 2.75) is 13.5 Å². The number of carbonyl (C=O) groups is 1. The SMILES string of the molecule is Cc1ccc(-c2cc(C(=O)NCc3cc(-c4ccccc4)no3)no2)cc1. The second-order valence-electron chi connectivity index (χ2n) is 6.17. The Morgan fingerprint density at radius 1 is 0.926 bits per heavy atom. The Bertz CT molecular complexity index is 1050. The largest absolute Gasteiger partial charge is 0.359 e. The van der Waals surface area contributed by atoms with Gasteiger partial charge in [-0.3, -0.25) is 4.79 Å². The fraction of sp³-hybridized carbons (Fsp3) is 0.0952. The Labute approximate surface area is 155 Å². The highest BCUT2D eigenvalue weighted by atomic mass is 16.5. The van der Waals surface area contributed by atoms with Crippen molar-refractivity contribution < 1.29 is 13.8 Å². The van der Waals surface area contributed by atoms with Gasteiger partial charge < -0.3 is 14.4 Å². The molecule has 4 aromatic rings. The van der Waals surface area contributed by atoms with Gasteiger partial charge in [0.25, 0.3) is 5.91 Å². The lowest BCUT2D eigenvalue weighted by molar-refractivity contribution is 0.0938. The van der Waals surface area contributed by atoms with Crippen LogP contribution in [0.25, 0.3) is 22.6 Å². The summed E-state index contributed by atoms with van der Waals surface area (Å²) in [4.78, 5) is 12.3. The number of aromatic nitrogens is 2. The van der Waals surface area contributed by atoms with Crippen molar-refractivity contribution in [2.24, 2.45) is 0 Å². The number of aryl methyl sites for hydroxylation is 1. The molecule has 27 heavy (non-hydrogen) atoms. The van der Waals surface area contributed by atoms with Crippen LogP contribution < -0.4 is 5.32 Å². The van der Waals surface area contributed by atoms with Gasteiger partial charge in [-0.25, -0.2) is 0 Å². The zero-order chi connectivity index (χ0) is 18.6. The van der Waals surface area contributed by atoms with Crippen LogP contribution in [0.5, 0.6) is 0 Å². The van der Waals surface area contributed by atoms with E-state index in [-0.39, 0.29) is 18.1 Å². The molecule has 6 heteroatoms. The van der Waals surface area contributed by atoms with Crippen molar-refractivity contribution in [2.75, 3.05) is 0 Å². The van der Waals surface area contributed by atoms with Gasteiger partial charge in [0.15, 0.2) is 17.2 Å². The summed E-state index contributed by atoms with van der Waals surface area (Å²) in [6.45, 7) is 2.22. The van der Waals surface area contributed by atoms with E-state index in [4.69, 9.17) is 9.05 Å². The standard InChI is InChI=1S/C21H17N3O3/c1-14-7-9-16(10-8-14)20-12-19(24-27-20)21(25)22-13-17-11-18(23-26-17)15-5-3-2-4-6-15/h2-12H,13H2,1H3,(H,22,25). The molecule has 0 saturated heterocycles. The highest BCUT2D eigenvalue weighted by molar-refractivity contribution is 5.93. The molecule has 1 N–H and O–H groups in total. The highest BCUT2D eigenvalue weighted by Crippen LogP contribution is 2.21. The second-order valence-corrected chi connectivity index (χ2v) is 6.17. The number of benzene rings is 2. The lowest BCUT2D eigenvalue weighted by Gasteiger charge is -1.98. The van der Waals surface area contributed by atoms with Crippen molar-refractivity contribution >= 4 is 5.91 Å². The zero-order valence-corrected chi connectivity index (χ0v) is 14.7. The van der Waals surface area contributed by atoms with Gasteiger partial charge in [-0.1, -0.05) is 70.5 Å². The van der Waals surface area contributed by atoms with Crippen LogP contribution in [0.15, 0.2) is 75.8 Å². The van der Waals surface area contributed by atoms with Gasteiger partial charge in [-0.2, -0.15) is 0 Å². The first kappa shape index (κ1) is 16.8. The minimum atomic E-state index is -0.338. The van der Waals surface area contributed by atoms with E-state index < -0.39 is 0 Å². The normalized spacial score (nSPS) is 10.7. The first-order valence-corrected chi connectivity index (χ1v) is 8.52. The molecule has 0 saturated carbocycles. The maximum Gasteiger partial charge on any atom is 0.273 e. The highest BCUT2D eigenvalue weighted by Gasteiger charge is 2.14. The zero-order valence-electron chi connectivity index (χ0n) is 14.7. The molecule has 0 radical (unpaired) electrons. The van der Waals surface area contributed by atoms with E-state index >= 15 is 0 Å². The van der Waals surface area contributed by atoms with Crippen LogP contribution in [0.4, 0.5) is 0 Å². The molecule has 1 amide bonds. The van der Waals surface area contributed by atoms with Gasteiger partial charge in [0.2, 0.25) is 0 Å². The number of amides is 1. The summed E-state index contributed by atoms with van der Waals surface area (Å²) >= 11 is 0. The van der Waals surface area contributed by atoms with Crippen molar-refractivity contribution in [3.05, 3.63) is 83.7 Å². The van der Waals surface area contributed by atoms with Crippen LogP contribution in [-0.2, 0) is 6.54 Å². The van der Waals surface area contributed by atoms with E-state index in [2.05, 4.69) is 15.6 Å². The smallest absolute Gasteiger partial charge is 0.273 e. The fourth-order valence-corrected chi connectivity index (χ4v) is 2.64. The van der Waals surface area contributed by atoms with Crippen LogP contribution >= 0.6 is 0 Å². The molecule has 6 nitrogen and oxygen atoms in total. The van der Waals surface area contributed by atoms with Gasteiger partial charge in [-0.15, -0.1) is 0 Å². The summed E-state index contributed by atoms with van der Waals surface area (Å²) in [7, 11) is 0. The first-order chi connectivity index (χ1) is 13.2. The number of hydrogen-bond donors (Lipinski definition) is 1. The first-order valence-electron chi connectivity index (χ1n) is 8.52. The fourth-order valence-electron chi connectivity index (χ4n) is 2.64. The third kappa shape index (κ3) is 3.79. The summed E-state index contributed by atoms with van der Waals surface area (Å²) in [6.07, 6.45) is 0. The van der Waals surface area contributed by atoms with Gasteiger partial charge in [0.1, 0.15) is 5.69 Å². The van der Waals surface area contributed by atoms with E-state index in [0.29, 0.717) is 11.5 Å². The van der Waals surface area contributed by atoms with Crippen molar-refractivity contribution in [3.8, 4) is 22.6 Å². The number of nitrogens with one attached hydrogen (secondary N) is 1. The molecular weight excluding hydrogens is 342 g/mol. The third-order valence-electron chi connectivity index (χ3n) is 4.13. The predicted molar refractivity (Wildman–Crippen MR) is 99.8 cm³/mol. The molecular formula is C21H17N3O3. The van der Waals surface area contributed by atoms with Crippen LogP contribution in [0.1, 0.15) is 21.8 Å². The topological polar surface area (TPSA) is 81.2 Å². The lowest BCUT2D eigenvalue weighted by atomic mass is 10.1. The Morgan fingerprint density at radius 2 is 1.70 bits per heavy atom. The Hall–Kier alpha value is -3.67. The van der Waals surface area contributed by atoms with Gasteiger partial charge in [0, 0.05) is 23.3 Å². The Kier molecular flexibility index (Phi) is 4.53. The van der Waals surface area contributed by atoms with E-state index in [9.17, 15) is 4.79 Å². The molecule has 0 bridgehead atoms. The number of hydrogen-bond acceptors (Lipinski definition) is 5. The van der Waals surface area contributed by atoms with Gasteiger partial charge in [-0.05, 0) is 6.92 Å². The Balaban J connectivity index is 1.40. The molecule has 0 spiro atoms. The van der Waals surface area contributed by atoms with Crippen molar-refractivity contribution in [3.63, 3.8) is 0 Å². The molecule has 4 rings (SSSR count). The number of rotatable bonds is 5. The average Bonchev–Trinajstić information content (AvgIpc) is 3.37. The molecule has 0 aliphatic carbocycles. The van der Waals surface area contributed by atoms with Crippen LogP contribution in [0, 0.1) is 6.92 Å². The molecule has 2 heterocycles. The molecule has 0 aliphatic rings.